The van der Waals surface area contributed by atoms with Crippen molar-refractivity contribution in [2.45, 2.75) is 26.2 Å². The summed E-state index contributed by atoms with van der Waals surface area (Å²) in [5, 5.41) is 0. The molecule has 270 valence electrons. The van der Waals surface area contributed by atoms with Crippen molar-refractivity contribution in [2.24, 2.45) is 0 Å². The van der Waals surface area contributed by atoms with E-state index >= 15 is 0 Å². The molecule has 4 heterocycles. The van der Waals surface area contributed by atoms with Gasteiger partial charge in [0.1, 0.15) is 5.82 Å². The van der Waals surface area contributed by atoms with Crippen molar-refractivity contribution in [1.82, 2.24) is 14.1 Å². The molecular weight excluding hydrogens is 864 g/mol. The molecule has 0 amide bonds. The minimum Gasteiger partial charge on any atom is -0.510 e. The molecule has 0 atom stereocenters. The topological polar surface area (TPSA) is 66.1 Å². The van der Waals surface area contributed by atoms with E-state index in [2.05, 4.69) is 140 Å². The van der Waals surface area contributed by atoms with Crippen LogP contribution in [0.25, 0.3) is 72.7 Å². The fourth-order valence-electron chi connectivity index (χ4n) is 7.48. The maximum absolute atomic E-state index is 13.1. The van der Waals surface area contributed by atoms with Crippen molar-refractivity contribution in [3.8, 4) is 62.1 Å². The Morgan fingerprint density at radius 1 is 0.691 bits per heavy atom. The molecule has 0 fully saturated rings. The number of hydrogen-bond donors (Lipinski definition) is 0. The van der Waals surface area contributed by atoms with Gasteiger partial charge in [0.05, 0.1) is 16.7 Å². The van der Waals surface area contributed by atoms with Crippen LogP contribution in [0, 0.1) is 18.5 Å². The number of fused-ring (bicyclic) bond motifs is 8. The number of hydrogen-bond acceptors (Lipinski definition) is 4. The van der Waals surface area contributed by atoms with Crippen molar-refractivity contribution in [2.75, 3.05) is 0 Å². The second-order valence-corrected chi connectivity index (χ2v) is 14.4. The van der Waals surface area contributed by atoms with Crippen molar-refractivity contribution in [3.05, 3.63) is 174 Å². The van der Waals surface area contributed by atoms with Gasteiger partial charge in [-0.05, 0) is 73.8 Å². The third-order valence-electron chi connectivity index (χ3n) is 10.1. The molecule has 0 bridgehead atoms. The normalized spacial score (nSPS) is 11.8. The van der Waals surface area contributed by atoms with Gasteiger partial charge in [-0.15, -0.1) is 30.3 Å². The number of pyridine rings is 1. The summed E-state index contributed by atoms with van der Waals surface area (Å²) in [6.07, 6.45) is 5.41. The van der Waals surface area contributed by atoms with E-state index in [0.29, 0.717) is 28.4 Å². The standard InChI is InChI=1S/C47H32N4O3.Pt/c1-47(2,3)30-24-25-48-44(26-30)51-42-28-33(22-23-43(42)54-46(51)52)53-32-13-10-12-31(27-32)49-29-50-40-20-9-8-18-38(40)36-16-6-4-14-34(36)35-15-5-7-17-37(35)39-19-11-21-41(49)45(39)50;/h4-26H,1-3H3;/q-2;. The second-order valence-electron chi connectivity index (χ2n) is 14.4. The smallest absolute Gasteiger partial charge is 0.411 e. The molecule has 1 aliphatic heterocycles. The predicted molar refractivity (Wildman–Crippen MR) is 210 cm³/mol. The van der Waals surface area contributed by atoms with Crippen molar-refractivity contribution in [3.63, 3.8) is 0 Å². The minimum absolute atomic E-state index is 0. The van der Waals surface area contributed by atoms with Crippen LogP contribution >= 0.6 is 0 Å². The van der Waals surface area contributed by atoms with Gasteiger partial charge in [-0.1, -0.05) is 106 Å². The minimum atomic E-state index is -0.541. The summed E-state index contributed by atoms with van der Waals surface area (Å²) < 4.78 is 17.6. The molecule has 8 heteroatoms. The molecule has 0 N–H and O–H groups in total. The third-order valence-corrected chi connectivity index (χ3v) is 10.1. The van der Waals surface area contributed by atoms with E-state index in [1.54, 1.807) is 18.3 Å². The number of para-hydroxylation sites is 2. The molecule has 0 saturated carbocycles. The van der Waals surface area contributed by atoms with Gasteiger partial charge in [0, 0.05) is 44.3 Å². The van der Waals surface area contributed by atoms with Crippen LogP contribution in [-0.2, 0) is 26.5 Å². The van der Waals surface area contributed by atoms with Crippen LogP contribution in [0.15, 0.2) is 149 Å². The van der Waals surface area contributed by atoms with E-state index in [1.165, 1.54) is 15.7 Å². The van der Waals surface area contributed by atoms with E-state index in [4.69, 9.17) is 9.15 Å². The van der Waals surface area contributed by atoms with Gasteiger partial charge in [-0.25, -0.2) is 9.78 Å². The Morgan fingerprint density at radius 2 is 1.33 bits per heavy atom. The van der Waals surface area contributed by atoms with E-state index in [1.807, 2.05) is 34.9 Å². The molecule has 0 aliphatic carbocycles. The number of rotatable bonds is 4. The Balaban J connectivity index is 0.00000397. The molecule has 7 nitrogen and oxygen atoms in total. The van der Waals surface area contributed by atoms with Crippen LogP contribution in [0.2, 0.25) is 0 Å². The Bertz CT molecular complexity index is 3000. The average molecular weight is 896 g/mol. The second kappa shape index (κ2) is 13.2. The molecule has 6 aromatic carbocycles. The molecule has 0 spiro atoms. The Kier molecular flexibility index (Phi) is 8.28. The summed E-state index contributed by atoms with van der Waals surface area (Å²) in [5.41, 5.74) is 12.4. The summed E-state index contributed by atoms with van der Waals surface area (Å²) in [6, 6.07) is 51.9. The van der Waals surface area contributed by atoms with Gasteiger partial charge in [0.25, 0.3) is 6.33 Å². The molecular formula is C47H32N4O3Pt-2. The summed E-state index contributed by atoms with van der Waals surface area (Å²) >= 11 is 0. The zero-order chi connectivity index (χ0) is 36.6. The van der Waals surface area contributed by atoms with Crippen LogP contribution < -0.4 is 15.1 Å². The molecule has 9 aromatic rings. The first-order valence-electron chi connectivity index (χ1n) is 17.8. The SMILES string of the molecule is CC(C)(C)c1ccnc(-n2c(=O)oc3ccc(Oc4[c-]c(-n5[c-][n+]6c7c(cccc75)-c5ccccc5-c5ccccc5-c5ccccc5-6)ccc4)[c-]c32)c1.[Pt]. The number of nitrogens with zero attached hydrogens (tertiary/aromatic N) is 4. The van der Waals surface area contributed by atoms with Crippen LogP contribution in [0.3, 0.4) is 0 Å². The predicted octanol–water partition coefficient (Wildman–Crippen LogP) is 10.0. The first kappa shape index (κ1) is 34.5. The van der Waals surface area contributed by atoms with Gasteiger partial charge in [-0.2, -0.15) is 12.1 Å². The maximum atomic E-state index is 13.1. The quantitative estimate of drug-likeness (QED) is 0.130. The summed E-state index contributed by atoms with van der Waals surface area (Å²) in [7, 11) is 0. The molecule has 1 aliphatic rings. The first-order valence-corrected chi connectivity index (χ1v) is 17.8. The first-order chi connectivity index (χ1) is 26.3. The average Bonchev–Trinajstić information content (AvgIpc) is 3.75. The van der Waals surface area contributed by atoms with Crippen LogP contribution in [-0.4, -0.2) is 14.1 Å². The van der Waals surface area contributed by atoms with E-state index in [0.717, 1.165) is 50.2 Å². The van der Waals surface area contributed by atoms with Crippen LogP contribution in [0.4, 0.5) is 0 Å². The van der Waals surface area contributed by atoms with Gasteiger partial charge in [0.2, 0.25) is 0 Å². The number of ether oxygens (including phenoxy) is 1. The Labute approximate surface area is 332 Å². The van der Waals surface area contributed by atoms with E-state index in [-0.39, 0.29) is 26.5 Å². The molecule has 3 aromatic heterocycles. The third kappa shape index (κ3) is 5.74. The van der Waals surface area contributed by atoms with Crippen molar-refractivity contribution in [1.29, 1.82) is 0 Å². The summed E-state index contributed by atoms with van der Waals surface area (Å²) in [6.45, 7) is 6.35. The molecule has 55 heavy (non-hydrogen) atoms. The maximum Gasteiger partial charge on any atom is 0.411 e. The number of aromatic nitrogens is 4. The molecule has 0 saturated heterocycles. The van der Waals surface area contributed by atoms with Gasteiger partial charge in [0.15, 0.2) is 0 Å². The largest absolute Gasteiger partial charge is 0.510 e. The molecule has 0 radical (unpaired) electrons. The summed E-state index contributed by atoms with van der Waals surface area (Å²) in [5.74, 6) is 0.804. The number of benzene rings is 6. The van der Waals surface area contributed by atoms with Crippen LogP contribution in [0.5, 0.6) is 11.5 Å². The van der Waals surface area contributed by atoms with Gasteiger partial charge in [-0.3, -0.25) is 9.13 Å². The fraction of sp³-hybridized carbons (Fsp3) is 0.0851. The van der Waals surface area contributed by atoms with E-state index in [9.17, 15) is 4.79 Å². The van der Waals surface area contributed by atoms with Crippen molar-refractivity contribution < 1.29 is 34.8 Å². The zero-order valence-corrected chi connectivity index (χ0v) is 32.4. The Morgan fingerprint density at radius 3 is 2.07 bits per heavy atom. The number of imidazole rings is 1. The zero-order valence-electron chi connectivity index (χ0n) is 30.1. The number of oxazole rings is 1. The summed E-state index contributed by atoms with van der Waals surface area (Å²) in [4.78, 5) is 17.6. The Hall–Kier alpha value is -6.30. The monoisotopic (exact) mass is 895 g/mol. The molecule has 10 rings (SSSR count). The van der Waals surface area contributed by atoms with E-state index < -0.39 is 5.76 Å². The van der Waals surface area contributed by atoms with Gasteiger partial charge >= 0.3 is 5.76 Å². The van der Waals surface area contributed by atoms with Crippen molar-refractivity contribution >= 4 is 22.1 Å². The molecule has 0 unspecified atom stereocenters. The van der Waals surface area contributed by atoms with Crippen LogP contribution in [0.1, 0.15) is 26.3 Å². The fourth-order valence-corrected chi connectivity index (χ4v) is 7.48. The van der Waals surface area contributed by atoms with Gasteiger partial charge < -0.3 is 13.7 Å².